The van der Waals surface area contributed by atoms with Crippen molar-refractivity contribution in [2.24, 2.45) is 0 Å². The highest BCUT2D eigenvalue weighted by molar-refractivity contribution is 5.92. The average molecular weight is 495 g/mol. The highest BCUT2D eigenvalue weighted by Crippen LogP contribution is 2.27. The molecule has 0 spiro atoms. The molecule has 6 rings (SSSR count). The van der Waals surface area contributed by atoms with Gasteiger partial charge in [0.25, 0.3) is 0 Å². The molecule has 8 heteroatoms. The summed E-state index contributed by atoms with van der Waals surface area (Å²) in [7, 11) is 0. The minimum atomic E-state index is 0. The molecule has 0 N–H and O–H groups in total. The molecule has 1 saturated heterocycles. The minimum Gasteiger partial charge on any atom is -0.368 e. The Labute approximate surface area is 211 Å². The molecule has 1 aliphatic rings. The van der Waals surface area contributed by atoms with E-state index in [-0.39, 0.29) is 24.8 Å². The van der Waals surface area contributed by atoms with Crippen molar-refractivity contribution in [1.82, 2.24) is 24.7 Å². The third kappa shape index (κ3) is 4.41. The van der Waals surface area contributed by atoms with Gasteiger partial charge in [-0.2, -0.15) is 0 Å². The molecule has 2 aromatic carbocycles. The predicted molar refractivity (Wildman–Crippen MR) is 144 cm³/mol. The van der Waals surface area contributed by atoms with Crippen molar-refractivity contribution >= 4 is 57.8 Å². The van der Waals surface area contributed by atoms with Crippen LogP contribution in [0.15, 0.2) is 66.9 Å². The van der Waals surface area contributed by atoms with Crippen LogP contribution in [0.4, 0.5) is 5.69 Å². The zero-order valence-corrected chi connectivity index (χ0v) is 20.7. The molecular formula is C26H28Cl2N6. The van der Waals surface area contributed by atoms with Crippen molar-refractivity contribution in [3.63, 3.8) is 0 Å². The Balaban J connectivity index is 0.00000137. The molecule has 0 atom stereocenters. The highest BCUT2D eigenvalue weighted by atomic mass is 35.5. The Morgan fingerprint density at radius 2 is 1.62 bits per heavy atom. The first-order chi connectivity index (χ1) is 15.8. The quantitative estimate of drug-likeness (QED) is 0.353. The van der Waals surface area contributed by atoms with Crippen LogP contribution in [-0.4, -0.2) is 57.4 Å². The van der Waals surface area contributed by atoms with Gasteiger partial charge in [0.05, 0.1) is 22.7 Å². The number of aryl methyl sites for hydroxylation is 1. The van der Waals surface area contributed by atoms with Crippen LogP contribution in [0.3, 0.4) is 0 Å². The Kier molecular flexibility index (Phi) is 7.22. The number of pyridine rings is 2. The summed E-state index contributed by atoms with van der Waals surface area (Å²) in [6.07, 6.45) is 2.84. The van der Waals surface area contributed by atoms with E-state index in [4.69, 9.17) is 4.98 Å². The van der Waals surface area contributed by atoms with Gasteiger partial charge in [-0.3, -0.25) is 9.88 Å². The Morgan fingerprint density at radius 1 is 0.824 bits per heavy atom. The van der Waals surface area contributed by atoms with Gasteiger partial charge in [-0.05, 0) is 55.3 Å². The van der Waals surface area contributed by atoms with E-state index in [1.165, 1.54) is 22.0 Å². The molecule has 0 amide bonds. The van der Waals surface area contributed by atoms with Crippen LogP contribution in [-0.2, 0) is 6.42 Å². The van der Waals surface area contributed by atoms with E-state index in [1.807, 2.05) is 4.52 Å². The van der Waals surface area contributed by atoms with Crippen molar-refractivity contribution in [3.05, 3.63) is 78.1 Å². The maximum absolute atomic E-state index is 4.70. The van der Waals surface area contributed by atoms with E-state index < -0.39 is 0 Å². The lowest BCUT2D eigenvalue weighted by molar-refractivity contribution is 0.261. The number of piperazine rings is 1. The number of fused-ring (bicyclic) bond motifs is 4. The summed E-state index contributed by atoms with van der Waals surface area (Å²) in [6.45, 7) is 7.36. The Bertz CT molecular complexity index is 1430. The first kappa shape index (κ1) is 24.2. The number of aromatic nitrogens is 4. The number of nitrogens with zero attached hydrogens (tertiary/aromatic N) is 6. The van der Waals surface area contributed by atoms with Crippen molar-refractivity contribution in [1.29, 1.82) is 0 Å². The van der Waals surface area contributed by atoms with Crippen molar-refractivity contribution < 1.29 is 0 Å². The van der Waals surface area contributed by atoms with Crippen molar-refractivity contribution in [2.45, 2.75) is 13.3 Å². The standard InChI is InChI=1S/C26H26N6.2ClH/c1-19-8-10-23-24(28-19)5-3-6-25(23)31-16-14-30(15-17-31)13-12-20-4-2-7-26-22(20)11-9-21-18-27-29-32(21)26;;/h2-11,18H,12-17H2,1H3;2*1H. The van der Waals surface area contributed by atoms with Gasteiger partial charge in [-0.25, -0.2) is 4.52 Å². The van der Waals surface area contributed by atoms with E-state index >= 15 is 0 Å². The second kappa shape index (κ2) is 10.1. The Hall–Kier alpha value is -2.93. The summed E-state index contributed by atoms with van der Waals surface area (Å²) in [5, 5.41) is 10.8. The van der Waals surface area contributed by atoms with Gasteiger partial charge >= 0.3 is 0 Å². The molecule has 0 bridgehead atoms. The summed E-state index contributed by atoms with van der Waals surface area (Å²) < 4.78 is 1.93. The predicted octanol–water partition coefficient (Wildman–Crippen LogP) is 4.95. The van der Waals surface area contributed by atoms with Gasteiger partial charge in [0.1, 0.15) is 0 Å². The fourth-order valence-corrected chi connectivity index (χ4v) is 4.91. The summed E-state index contributed by atoms with van der Waals surface area (Å²) in [4.78, 5) is 9.79. The first-order valence-corrected chi connectivity index (χ1v) is 11.3. The first-order valence-electron chi connectivity index (χ1n) is 11.3. The van der Waals surface area contributed by atoms with E-state index in [0.29, 0.717) is 0 Å². The summed E-state index contributed by atoms with van der Waals surface area (Å²) in [6, 6.07) is 21.6. The molecular weight excluding hydrogens is 467 g/mol. The molecule has 1 aliphatic heterocycles. The van der Waals surface area contributed by atoms with Gasteiger partial charge in [0.15, 0.2) is 0 Å². The maximum Gasteiger partial charge on any atom is 0.0872 e. The van der Waals surface area contributed by atoms with Crippen LogP contribution in [0.5, 0.6) is 0 Å². The van der Waals surface area contributed by atoms with Crippen LogP contribution in [0.2, 0.25) is 0 Å². The molecule has 1 fully saturated rings. The molecule has 0 saturated carbocycles. The number of benzene rings is 2. The van der Waals surface area contributed by atoms with Gasteiger partial charge in [-0.15, -0.1) is 29.9 Å². The smallest absolute Gasteiger partial charge is 0.0872 e. The van der Waals surface area contributed by atoms with Crippen LogP contribution in [0.1, 0.15) is 11.3 Å². The third-order valence-corrected chi connectivity index (χ3v) is 6.66. The molecule has 34 heavy (non-hydrogen) atoms. The summed E-state index contributed by atoms with van der Waals surface area (Å²) in [5.74, 6) is 0. The maximum atomic E-state index is 4.70. The number of halogens is 2. The zero-order chi connectivity index (χ0) is 21.5. The molecule has 176 valence electrons. The molecule has 6 nitrogen and oxygen atoms in total. The lowest BCUT2D eigenvalue weighted by Gasteiger charge is -2.36. The largest absolute Gasteiger partial charge is 0.368 e. The normalized spacial score (nSPS) is 14.3. The van der Waals surface area contributed by atoms with Gasteiger partial charge in [0.2, 0.25) is 0 Å². The molecule has 0 aliphatic carbocycles. The lowest BCUT2D eigenvalue weighted by atomic mass is 10.0. The monoisotopic (exact) mass is 494 g/mol. The summed E-state index contributed by atoms with van der Waals surface area (Å²) in [5.41, 5.74) is 6.99. The highest BCUT2D eigenvalue weighted by Gasteiger charge is 2.19. The van der Waals surface area contributed by atoms with Crippen LogP contribution < -0.4 is 4.90 Å². The SMILES string of the molecule is Cc1ccc2c(N3CCN(CCc4cccc5c4ccc4cnnn45)CC3)cccc2n1.Cl.Cl. The molecule has 5 aromatic rings. The van der Waals surface area contributed by atoms with E-state index in [1.54, 1.807) is 6.20 Å². The number of hydrogen-bond acceptors (Lipinski definition) is 5. The van der Waals surface area contributed by atoms with Crippen molar-refractivity contribution in [3.8, 4) is 0 Å². The summed E-state index contributed by atoms with van der Waals surface area (Å²) >= 11 is 0. The lowest BCUT2D eigenvalue weighted by Crippen LogP contribution is -2.47. The fraction of sp³-hybridized carbons (Fsp3) is 0.269. The molecule has 4 heterocycles. The molecule has 3 aromatic heterocycles. The van der Waals surface area contributed by atoms with Gasteiger partial charge in [-0.1, -0.05) is 29.5 Å². The number of rotatable bonds is 4. The van der Waals surface area contributed by atoms with E-state index in [2.05, 4.69) is 87.7 Å². The van der Waals surface area contributed by atoms with Gasteiger partial charge < -0.3 is 4.90 Å². The van der Waals surface area contributed by atoms with Crippen LogP contribution >= 0.6 is 24.8 Å². The number of anilines is 1. The minimum absolute atomic E-state index is 0. The third-order valence-electron chi connectivity index (χ3n) is 6.66. The molecule has 0 unspecified atom stereocenters. The second-order valence-corrected chi connectivity index (χ2v) is 8.63. The number of hydrogen-bond donors (Lipinski definition) is 0. The van der Waals surface area contributed by atoms with Crippen molar-refractivity contribution in [2.75, 3.05) is 37.6 Å². The second-order valence-electron chi connectivity index (χ2n) is 8.63. The van der Waals surface area contributed by atoms with E-state index in [9.17, 15) is 0 Å². The fourth-order valence-electron chi connectivity index (χ4n) is 4.91. The Morgan fingerprint density at radius 3 is 2.47 bits per heavy atom. The van der Waals surface area contributed by atoms with Gasteiger partial charge in [0, 0.05) is 54.9 Å². The van der Waals surface area contributed by atoms with E-state index in [0.717, 1.165) is 61.4 Å². The molecule has 0 radical (unpaired) electrons. The zero-order valence-electron chi connectivity index (χ0n) is 19.1. The van der Waals surface area contributed by atoms with Crippen LogP contribution in [0.25, 0.3) is 27.3 Å². The topological polar surface area (TPSA) is 49.6 Å². The van der Waals surface area contributed by atoms with Crippen LogP contribution in [0, 0.1) is 6.92 Å². The average Bonchev–Trinajstić information content (AvgIpc) is 3.32.